The molecule has 2 aromatic heterocycles. The molecule has 0 unspecified atom stereocenters. The van der Waals surface area contributed by atoms with Crippen molar-refractivity contribution in [1.29, 1.82) is 5.26 Å². The van der Waals surface area contributed by atoms with Gasteiger partial charge in [0.05, 0.1) is 22.8 Å². The Morgan fingerprint density at radius 3 is 2.60 bits per heavy atom. The number of esters is 1. The van der Waals surface area contributed by atoms with Crippen LogP contribution in [0.4, 0.5) is 18.2 Å². The van der Waals surface area contributed by atoms with Crippen LogP contribution in [0.2, 0.25) is 5.02 Å². The Kier molecular flexibility index (Phi) is 7.73. The van der Waals surface area contributed by atoms with E-state index >= 15 is 0 Å². The standard InChI is InChI=1S/C24H18ClF3N2O4S/c1-4-33-23(32)20-12(2)13(3)35-22(20)30-21(31)14(11-29)9-16-6-8-19(34-16)17-10-15(24(26,27)28)5-7-18(17)25/h5-10H,4H2,1-3H3,(H,30,31)/b14-9+. The number of halogens is 4. The number of benzene rings is 1. The van der Waals surface area contributed by atoms with Gasteiger partial charge >= 0.3 is 12.1 Å². The highest BCUT2D eigenvalue weighted by Crippen LogP contribution is 2.37. The number of nitrogens with one attached hydrogen (secondary N) is 1. The van der Waals surface area contributed by atoms with Gasteiger partial charge in [-0.1, -0.05) is 11.6 Å². The van der Waals surface area contributed by atoms with E-state index < -0.39 is 23.6 Å². The second-order valence-corrected chi connectivity index (χ2v) is 8.86. The van der Waals surface area contributed by atoms with Gasteiger partial charge in [0.2, 0.25) is 0 Å². The number of rotatable bonds is 6. The quantitative estimate of drug-likeness (QED) is 0.213. The highest BCUT2D eigenvalue weighted by molar-refractivity contribution is 7.16. The number of hydrogen-bond donors (Lipinski definition) is 1. The molecule has 0 spiro atoms. The first-order valence-electron chi connectivity index (χ1n) is 10.1. The van der Waals surface area contributed by atoms with Crippen molar-refractivity contribution in [2.45, 2.75) is 26.9 Å². The summed E-state index contributed by atoms with van der Waals surface area (Å²) in [5, 5.41) is 12.3. The highest BCUT2D eigenvalue weighted by Gasteiger charge is 2.31. The molecule has 0 atom stereocenters. The molecule has 0 bridgehead atoms. The van der Waals surface area contributed by atoms with Crippen molar-refractivity contribution in [1.82, 2.24) is 0 Å². The third kappa shape index (κ3) is 5.75. The second-order valence-electron chi connectivity index (χ2n) is 7.23. The zero-order valence-electron chi connectivity index (χ0n) is 18.7. The summed E-state index contributed by atoms with van der Waals surface area (Å²) < 4.78 is 49.8. The first-order chi connectivity index (χ1) is 16.5. The molecule has 1 N–H and O–H groups in total. The van der Waals surface area contributed by atoms with E-state index in [9.17, 15) is 28.0 Å². The third-order valence-corrected chi connectivity index (χ3v) is 6.38. The van der Waals surface area contributed by atoms with Crippen LogP contribution >= 0.6 is 22.9 Å². The number of furan rings is 1. The Morgan fingerprint density at radius 2 is 1.97 bits per heavy atom. The minimum Gasteiger partial charge on any atom is -0.462 e. The topological polar surface area (TPSA) is 92.3 Å². The normalized spacial score (nSPS) is 11.8. The van der Waals surface area contributed by atoms with Gasteiger partial charge in [0.1, 0.15) is 28.2 Å². The maximum Gasteiger partial charge on any atom is 0.416 e. The number of alkyl halides is 3. The summed E-state index contributed by atoms with van der Waals surface area (Å²) in [5.41, 5.74) is -0.381. The van der Waals surface area contributed by atoms with Gasteiger partial charge in [-0.15, -0.1) is 11.3 Å². The molecule has 3 rings (SSSR count). The monoisotopic (exact) mass is 522 g/mol. The lowest BCUT2D eigenvalue weighted by Crippen LogP contribution is -2.16. The van der Waals surface area contributed by atoms with E-state index in [1.54, 1.807) is 26.8 Å². The minimum absolute atomic E-state index is 0.00714. The largest absolute Gasteiger partial charge is 0.462 e. The maximum atomic E-state index is 13.1. The SMILES string of the molecule is CCOC(=O)c1c(NC(=O)/C(C#N)=C/c2ccc(-c3cc(C(F)(F)F)ccc3Cl)o2)sc(C)c1C. The van der Waals surface area contributed by atoms with E-state index in [-0.39, 0.29) is 44.9 Å². The summed E-state index contributed by atoms with van der Waals surface area (Å²) in [4.78, 5) is 25.9. The van der Waals surface area contributed by atoms with Crippen LogP contribution in [0.1, 0.15) is 39.0 Å². The zero-order valence-corrected chi connectivity index (χ0v) is 20.2. The number of hydrogen-bond acceptors (Lipinski definition) is 6. The molecule has 0 aliphatic carbocycles. The number of nitrogens with zero attached hydrogens (tertiary/aromatic N) is 1. The number of nitriles is 1. The maximum absolute atomic E-state index is 13.1. The number of amides is 1. The first kappa shape index (κ1) is 26.1. The number of thiophene rings is 1. The predicted molar refractivity (Wildman–Crippen MR) is 126 cm³/mol. The molecule has 35 heavy (non-hydrogen) atoms. The van der Waals surface area contributed by atoms with Crippen molar-refractivity contribution >= 4 is 45.9 Å². The summed E-state index contributed by atoms with van der Waals surface area (Å²) in [7, 11) is 0. The van der Waals surface area contributed by atoms with Gasteiger partial charge in [-0.05, 0) is 56.7 Å². The van der Waals surface area contributed by atoms with Gasteiger partial charge in [-0.2, -0.15) is 18.4 Å². The van der Waals surface area contributed by atoms with Gasteiger partial charge in [-0.25, -0.2) is 4.79 Å². The van der Waals surface area contributed by atoms with Crippen molar-refractivity contribution in [2.24, 2.45) is 0 Å². The van der Waals surface area contributed by atoms with Crippen LogP contribution in [-0.4, -0.2) is 18.5 Å². The fourth-order valence-electron chi connectivity index (χ4n) is 3.09. The Labute approximate surface area is 207 Å². The Morgan fingerprint density at radius 1 is 1.26 bits per heavy atom. The van der Waals surface area contributed by atoms with E-state index in [1.165, 1.54) is 12.1 Å². The molecule has 0 saturated carbocycles. The fraction of sp³-hybridized carbons (Fsp3) is 0.208. The lowest BCUT2D eigenvalue weighted by atomic mass is 10.1. The van der Waals surface area contributed by atoms with E-state index in [0.717, 1.165) is 40.5 Å². The fourth-order valence-corrected chi connectivity index (χ4v) is 4.35. The Balaban J connectivity index is 1.89. The van der Waals surface area contributed by atoms with E-state index in [1.807, 2.05) is 0 Å². The smallest absolute Gasteiger partial charge is 0.416 e. The van der Waals surface area contributed by atoms with Gasteiger partial charge in [0, 0.05) is 16.5 Å². The number of anilines is 1. The molecular formula is C24H18ClF3N2O4S. The van der Waals surface area contributed by atoms with Crippen LogP contribution in [0, 0.1) is 25.2 Å². The number of ether oxygens (including phenoxy) is 1. The molecule has 2 heterocycles. The third-order valence-electron chi connectivity index (χ3n) is 4.93. The molecule has 3 aromatic rings. The van der Waals surface area contributed by atoms with Gasteiger partial charge in [0.15, 0.2) is 0 Å². The molecule has 0 radical (unpaired) electrons. The summed E-state index contributed by atoms with van der Waals surface area (Å²) in [6.07, 6.45) is -3.43. The van der Waals surface area contributed by atoms with Gasteiger partial charge in [0.25, 0.3) is 5.91 Å². The summed E-state index contributed by atoms with van der Waals surface area (Å²) in [5.74, 6) is -1.32. The van der Waals surface area contributed by atoms with Crippen molar-refractivity contribution < 1.29 is 31.9 Å². The van der Waals surface area contributed by atoms with Crippen LogP contribution in [0.3, 0.4) is 0 Å². The molecule has 0 aliphatic heterocycles. The Bertz CT molecular complexity index is 1370. The molecule has 1 aromatic carbocycles. The summed E-state index contributed by atoms with van der Waals surface area (Å²) in [6.45, 7) is 5.31. The summed E-state index contributed by atoms with van der Waals surface area (Å²) >= 11 is 7.21. The van der Waals surface area contributed by atoms with Crippen LogP contribution in [0.5, 0.6) is 0 Å². The number of aryl methyl sites for hydroxylation is 1. The number of carbonyl (C=O) groups is 2. The molecule has 0 aliphatic rings. The average Bonchev–Trinajstić information content (AvgIpc) is 3.35. The first-order valence-corrected chi connectivity index (χ1v) is 11.3. The predicted octanol–water partition coefficient (Wildman–Crippen LogP) is 7.02. The van der Waals surface area contributed by atoms with E-state index in [2.05, 4.69) is 5.32 Å². The van der Waals surface area contributed by atoms with E-state index in [4.69, 9.17) is 20.8 Å². The second kappa shape index (κ2) is 10.4. The van der Waals surface area contributed by atoms with Crippen LogP contribution in [0.25, 0.3) is 17.4 Å². The molecule has 0 saturated heterocycles. The van der Waals surface area contributed by atoms with Crippen molar-refractivity contribution in [3.8, 4) is 17.4 Å². The van der Waals surface area contributed by atoms with Gasteiger partial charge in [-0.3, -0.25) is 4.79 Å². The average molecular weight is 523 g/mol. The van der Waals surface area contributed by atoms with Crippen molar-refractivity contribution in [2.75, 3.05) is 11.9 Å². The number of carbonyl (C=O) groups excluding carboxylic acids is 2. The van der Waals surface area contributed by atoms with Crippen molar-refractivity contribution in [3.05, 3.63) is 68.3 Å². The van der Waals surface area contributed by atoms with Crippen LogP contribution < -0.4 is 5.32 Å². The Hall–Kier alpha value is -3.55. The van der Waals surface area contributed by atoms with Crippen LogP contribution in [-0.2, 0) is 15.7 Å². The highest BCUT2D eigenvalue weighted by atomic mass is 35.5. The minimum atomic E-state index is -4.57. The summed E-state index contributed by atoms with van der Waals surface area (Å²) in [6, 6.07) is 7.34. The van der Waals surface area contributed by atoms with Crippen LogP contribution in [0.15, 0.2) is 40.3 Å². The zero-order chi connectivity index (χ0) is 25.9. The van der Waals surface area contributed by atoms with Gasteiger partial charge < -0.3 is 14.5 Å². The molecular weight excluding hydrogens is 505 g/mol. The molecule has 0 fully saturated rings. The van der Waals surface area contributed by atoms with Crippen molar-refractivity contribution in [3.63, 3.8) is 0 Å². The lowest BCUT2D eigenvalue weighted by molar-refractivity contribution is -0.137. The van der Waals surface area contributed by atoms with E-state index in [0.29, 0.717) is 5.56 Å². The molecule has 11 heteroatoms. The molecule has 1 amide bonds. The lowest BCUT2D eigenvalue weighted by Gasteiger charge is -2.09. The molecule has 6 nitrogen and oxygen atoms in total. The molecule has 182 valence electrons.